The maximum absolute atomic E-state index is 5.79. The van der Waals surface area contributed by atoms with Crippen molar-refractivity contribution in [2.45, 2.75) is 17.0 Å². The lowest BCUT2D eigenvalue weighted by molar-refractivity contribution is 0.341. The number of aromatic nitrogens is 2. The van der Waals surface area contributed by atoms with Gasteiger partial charge in [0.05, 0.1) is 12.3 Å². The van der Waals surface area contributed by atoms with Gasteiger partial charge in [-0.1, -0.05) is 11.8 Å². The van der Waals surface area contributed by atoms with Gasteiger partial charge in [-0.2, -0.15) is 0 Å². The van der Waals surface area contributed by atoms with Crippen molar-refractivity contribution in [2.75, 3.05) is 12.3 Å². The van der Waals surface area contributed by atoms with E-state index in [1.54, 1.807) is 24.2 Å². The summed E-state index contributed by atoms with van der Waals surface area (Å²) in [6, 6.07) is 5.72. The van der Waals surface area contributed by atoms with Crippen LogP contribution in [0, 0.1) is 0 Å². The van der Waals surface area contributed by atoms with Gasteiger partial charge in [-0.25, -0.2) is 4.98 Å². The van der Waals surface area contributed by atoms with Gasteiger partial charge >= 0.3 is 0 Å². The number of ether oxygens (including phenoxy) is 1. The summed E-state index contributed by atoms with van der Waals surface area (Å²) < 4.78 is 5.43. The highest BCUT2D eigenvalue weighted by Gasteiger charge is 2.04. The highest BCUT2D eigenvalue weighted by atomic mass is 32.2. The number of nitrogens with one attached hydrogen (secondary N) is 1. The molecule has 3 N–H and O–H groups in total. The van der Waals surface area contributed by atoms with Crippen LogP contribution in [-0.2, 0) is 0 Å². The number of benzene rings is 1. The van der Waals surface area contributed by atoms with Crippen molar-refractivity contribution >= 4 is 17.4 Å². The van der Waals surface area contributed by atoms with Crippen molar-refractivity contribution in [3.8, 4) is 5.75 Å². The van der Waals surface area contributed by atoms with Gasteiger partial charge in [0.25, 0.3) is 0 Å². The summed E-state index contributed by atoms with van der Waals surface area (Å²) >= 11 is 1.54. The van der Waals surface area contributed by atoms with Crippen molar-refractivity contribution in [3.63, 3.8) is 0 Å². The number of nitrogens with two attached hydrogens (primary N) is 1. The molecule has 0 aliphatic rings. The quantitative estimate of drug-likeness (QED) is 0.799. The number of hydrogen-bond acceptors (Lipinski definition) is 4. The first-order valence-corrected chi connectivity index (χ1v) is 5.81. The number of aromatic amines is 1. The Morgan fingerprint density at radius 1 is 1.50 bits per heavy atom. The standard InChI is InChI=1S/C11H13N3OS/c1-2-15-10-7-8(3-4-9(10)12)16-11-13-5-6-14-11/h3-7H,2,12H2,1H3,(H,13,14). The van der Waals surface area contributed by atoms with Crippen LogP contribution < -0.4 is 10.5 Å². The third-order valence-electron chi connectivity index (χ3n) is 1.97. The van der Waals surface area contributed by atoms with E-state index in [9.17, 15) is 0 Å². The predicted octanol–water partition coefficient (Wildman–Crippen LogP) is 2.54. The Balaban J connectivity index is 2.19. The molecule has 0 fully saturated rings. The fourth-order valence-electron chi connectivity index (χ4n) is 1.28. The molecule has 0 aliphatic carbocycles. The van der Waals surface area contributed by atoms with Crippen LogP contribution in [0.1, 0.15) is 6.92 Å². The van der Waals surface area contributed by atoms with E-state index in [0.29, 0.717) is 12.3 Å². The first kappa shape index (κ1) is 10.9. The summed E-state index contributed by atoms with van der Waals surface area (Å²) in [4.78, 5) is 8.23. The molecule has 1 aromatic carbocycles. The molecule has 5 heteroatoms. The minimum Gasteiger partial charge on any atom is -0.492 e. The van der Waals surface area contributed by atoms with Crippen molar-refractivity contribution in [3.05, 3.63) is 30.6 Å². The van der Waals surface area contributed by atoms with E-state index in [1.807, 2.05) is 25.1 Å². The summed E-state index contributed by atoms with van der Waals surface area (Å²) in [6.45, 7) is 2.55. The average Bonchev–Trinajstić information content (AvgIpc) is 2.76. The molecule has 4 nitrogen and oxygen atoms in total. The molecule has 0 aliphatic heterocycles. The Labute approximate surface area is 98.2 Å². The van der Waals surface area contributed by atoms with Crippen molar-refractivity contribution in [2.24, 2.45) is 0 Å². The molecule has 0 unspecified atom stereocenters. The highest BCUT2D eigenvalue weighted by Crippen LogP contribution is 2.31. The molecule has 84 valence electrons. The molecule has 0 bridgehead atoms. The topological polar surface area (TPSA) is 63.9 Å². The zero-order valence-electron chi connectivity index (χ0n) is 8.93. The Bertz CT molecular complexity index is 456. The van der Waals surface area contributed by atoms with E-state index in [0.717, 1.165) is 15.8 Å². The summed E-state index contributed by atoms with van der Waals surface area (Å²) in [5.41, 5.74) is 6.45. The van der Waals surface area contributed by atoms with Crippen LogP contribution in [0.25, 0.3) is 0 Å². The molecule has 1 aromatic heterocycles. The van der Waals surface area contributed by atoms with E-state index < -0.39 is 0 Å². The molecule has 0 spiro atoms. The maximum Gasteiger partial charge on any atom is 0.170 e. The maximum atomic E-state index is 5.79. The molecule has 2 aromatic rings. The Morgan fingerprint density at radius 3 is 3.06 bits per heavy atom. The fraction of sp³-hybridized carbons (Fsp3) is 0.182. The normalized spacial score (nSPS) is 10.3. The van der Waals surface area contributed by atoms with Gasteiger partial charge in [-0.05, 0) is 25.1 Å². The summed E-state index contributed by atoms with van der Waals surface area (Å²) in [7, 11) is 0. The van der Waals surface area contributed by atoms with Crippen LogP contribution in [0.2, 0.25) is 0 Å². The molecule has 1 heterocycles. The second kappa shape index (κ2) is 4.94. The largest absolute Gasteiger partial charge is 0.492 e. The second-order valence-corrected chi connectivity index (χ2v) is 4.19. The van der Waals surface area contributed by atoms with Crippen LogP contribution in [-0.4, -0.2) is 16.6 Å². The molecule has 0 saturated carbocycles. The van der Waals surface area contributed by atoms with Crippen molar-refractivity contribution in [1.82, 2.24) is 9.97 Å². The third-order valence-corrected chi connectivity index (χ3v) is 2.88. The third kappa shape index (κ3) is 2.49. The van der Waals surface area contributed by atoms with E-state index in [-0.39, 0.29) is 0 Å². The highest BCUT2D eigenvalue weighted by molar-refractivity contribution is 7.99. The van der Waals surface area contributed by atoms with Crippen LogP contribution in [0.4, 0.5) is 5.69 Å². The Kier molecular flexibility index (Phi) is 3.36. The molecule has 0 amide bonds. The smallest absolute Gasteiger partial charge is 0.170 e. The molecular formula is C11H13N3OS. The number of imidazole rings is 1. The van der Waals surface area contributed by atoms with E-state index in [1.165, 1.54) is 0 Å². The summed E-state index contributed by atoms with van der Waals surface area (Å²) in [6.07, 6.45) is 3.52. The first-order chi connectivity index (χ1) is 7.79. The molecule has 16 heavy (non-hydrogen) atoms. The molecular weight excluding hydrogens is 222 g/mol. The van der Waals surface area contributed by atoms with Crippen LogP contribution >= 0.6 is 11.8 Å². The predicted molar refractivity (Wildman–Crippen MR) is 64.7 cm³/mol. The fourth-order valence-corrected chi connectivity index (χ4v) is 2.04. The monoisotopic (exact) mass is 235 g/mol. The Hall–Kier alpha value is -1.62. The van der Waals surface area contributed by atoms with Crippen molar-refractivity contribution < 1.29 is 4.74 Å². The Morgan fingerprint density at radius 2 is 2.38 bits per heavy atom. The van der Waals surface area contributed by atoms with Gasteiger partial charge < -0.3 is 15.5 Å². The van der Waals surface area contributed by atoms with Crippen LogP contribution in [0.5, 0.6) is 5.75 Å². The molecule has 0 atom stereocenters. The molecule has 0 radical (unpaired) electrons. The molecule has 2 rings (SSSR count). The zero-order valence-corrected chi connectivity index (χ0v) is 9.75. The molecule has 0 saturated heterocycles. The van der Waals surface area contributed by atoms with Crippen LogP contribution in [0.3, 0.4) is 0 Å². The average molecular weight is 235 g/mol. The van der Waals surface area contributed by atoms with Crippen LogP contribution in [0.15, 0.2) is 40.6 Å². The lowest BCUT2D eigenvalue weighted by atomic mass is 10.3. The number of hydrogen-bond donors (Lipinski definition) is 2. The zero-order chi connectivity index (χ0) is 11.4. The van der Waals surface area contributed by atoms with Gasteiger partial charge in [0, 0.05) is 17.3 Å². The van der Waals surface area contributed by atoms with Gasteiger partial charge in [-0.3, -0.25) is 0 Å². The van der Waals surface area contributed by atoms with Gasteiger partial charge in [0.1, 0.15) is 5.75 Å². The lowest BCUT2D eigenvalue weighted by Gasteiger charge is -2.07. The van der Waals surface area contributed by atoms with Gasteiger partial charge in [0.15, 0.2) is 5.16 Å². The van der Waals surface area contributed by atoms with E-state index in [4.69, 9.17) is 10.5 Å². The number of nitrogen functional groups attached to an aromatic ring is 1. The number of nitrogens with zero attached hydrogens (tertiary/aromatic N) is 1. The summed E-state index contributed by atoms with van der Waals surface area (Å²) in [5, 5.41) is 0.854. The first-order valence-electron chi connectivity index (χ1n) is 4.99. The van der Waals surface area contributed by atoms with E-state index in [2.05, 4.69) is 9.97 Å². The SMILES string of the molecule is CCOc1cc(Sc2ncc[nH]2)ccc1N. The lowest BCUT2D eigenvalue weighted by Crippen LogP contribution is -1.96. The van der Waals surface area contributed by atoms with Gasteiger partial charge in [0.2, 0.25) is 0 Å². The van der Waals surface area contributed by atoms with Crippen molar-refractivity contribution in [1.29, 1.82) is 0 Å². The minimum atomic E-state index is 0.610. The number of H-pyrrole nitrogens is 1. The second-order valence-electron chi connectivity index (χ2n) is 3.13. The van der Waals surface area contributed by atoms with Gasteiger partial charge in [-0.15, -0.1) is 0 Å². The number of rotatable bonds is 4. The van der Waals surface area contributed by atoms with E-state index >= 15 is 0 Å². The minimum absolute atomic E-state index is 0.610. The summed E-state index contributed by atoms with van der Waals surface area (Å²) in [5.74, 6) is 0.721. The number of anilines is 1.